The molecule has 1 amide bonds. The molecule has 3 aromatic rings. The van der Waals surface area contributed by atoms with E-state index in [0.29, 0.717) is 35.8 Å². The van der Waals surface area contributed by atoms with Crippen molar-refractivity contribution >= 4 is 23.3 Å². The van der Waals surface area contributed by atoms with E-state index in [4.69, 9.17) is 13.9 Å². The van der Waals surface area contributed by atoms with Crippen LogP contribution in [0.5, 0.6) is 0 Å². The zero-order valence-electron chi connectivity index (χ0n) is 16.5. The maximum Gasteiger partial charge on any atom is 0.340 e. The summed E-state index contributed by atoms with van der Waals surface area (Å²) in [7, 11) is 1.32. The van der Waals surface area contributed by atoms with Crippen molar-refractivity contribution in [2.45, 2.75) is 0 Å². The minimum Gasteiger partial charge on any atom is -0.465 e. The average molecular weight is 407 g/mol. The molecule has 0 radical (unpaired) electrons. The number of anilines is 2. The van der Waals surface area contributed by atoms with E-state index >= 15 is 0 Å². The molecule has 1 aliphatic heterocycles. The highest BCUT2D eigenvalue weighted by Crippen LogP contribution is 2.26. The highest BCUT2D eigenvalue weighted by molar-refractivity contribution is 6.08. The van der Waals surface area contributed by atoms with E-state index in [-0.39, 0.29) is 5.91 Å². The molecule has 2 heterocycles. The number of carbonyl (C=O) groups excluding carboxylic acids is 2. The molecule has 0 unspecified atom stereocenters. The largest absolute Gasteiger partial charge is 0.465 e. The lowest BCUT2D eigenvalue weighted by Gasteiger charge is -2.29. The molecule has 0 bridgehead atoms. The molecule has 0 aliphatic carbocycles. The van der Waals surface area contributed by atoms with Crippen molar-refractivity contribution in [2.24, 2.45) is 0 Å². The van der Waals surface area contributed by atoms with E-state index in [1.165, 1.54) is 13.5 Å². The third-order valence-corrected chi connectivity index (χ3v) is 4.90. The summed E-state index contributed by atoms with van der Waals surface area (Å²) in [5.74, 6) is -0.224. The first kappa shape index (κ1) is 19.7. The van der Waals surface area contributed by atoms with Crippen molar-refractivity contribution in [1.29, 1.82) is 0 Å². The number of esters is 1. The fourth-order valence-corrected chi connectivity index (χ4v) is 3.28. The van der Waals surface area contributed by atoms with Gasteiger partial charge in [0, 0.05) is 29.9 Å². The molecular weight excluding hydrogens is 386 g/mol. The summed E-state index contributed by atoms with van der Waals surface area (Å²) in [5, 5.41) is 2.81. The first-order valence-electron chi connectivity index (χ1n) is 9.51. The van der Waals surface area contributed by atoms with Crippen molar-refractivity contribution in [2.75, 3.05) is 43.6 Å². The topological polar surface area (TPSA) is 93.9 Å². The van der Waals surface area contributed by atoms with Gasteiger partial charge in [0.2, 0.25) is 0 Å². The number of methoxy groups -OCH3 is 1. The molecule has 1 fully saturated rings. The zero-order chi connectivity index (χ0) is 20.9. The van der Waals surface area contributed by atoms with Crippen LogP contribution in [0.25, 0.3) is 11.3 Å². The first-order valence-corrected chi connectivity index (χ1v) is 9.51. The lowest BCUT2D eigenvalue weighted by atomic mass is 10.1. The summed E-state index contributed by atoms with van der Waals surface area (Å²) in [6.07, 6.45) is 2.96. The number of morpholine rings is 1. The predicted octanol–water partition coefficient (Wildman–Crippen LogP) is 3.22. The standard InChI is InChI=1S/C22H21N3O5/c1-28-22(27)18-12-17(25-8-10-29-11-9-25)6-7-19(18)24-21(26)16-4-2-15(3-5-16)20-13-23-14-30-20/h2-7,12-14H,8-11H2,1H3,(H,24,26). The first-order chi connectivity index (χ1) is 14.7. The number of nitrogens with zero attached hydrogens (tertiary/aromatic N) is 2. The summed E-state index contributed by atoms with van der Waals surface area (Å²) in [6.45, 7) is 2.75. The second-order valence-electron chi connectivity index (χ2n) is 6.72. The number of nitrogens with one attached hydrogen (secondary N) is 1. The van der Waals surface area contributed by atoms with E-state index < -0.39 is 5.97 Å². The Balaban J connectivity index is 1.55. The Hall–Kier alpha value is -3.65. The number of ether oxygens (including phenoxy) is 2. The number of benzene rings is 2. The Morgan fingerprint density at radius 1 is 1.10 bits per heavy atom. The van der Waals surface area contributed by atoms with Crippen molar-refractivity contribution in [3.05, 3.63) is 66.2 Å². The van der Waals surface area contributed by atoms with Gasteiger partial charge in [-0.1, -0.05) is 12.1 Å². The van der Waals surface area contributed by atoms with Gasteiger partial charge in [-0.3, -0.25) is 4.79 Å². The van der Waals surface area contributed by atoms with Crippen LogP contribution in [0.3, 0.4) is 0 Å². The maximum atomic E-state index is 12.7. The van der Waals surface area contributed by atoms with Crippen LogP contribution >= 0.6 is 0 Å². The molecule has 8 nitrogen and oxygen atoms in total. The Kier molecular flexibility index (Phi) is 5.76. The summed E-state index contributed by atoms with van der Waals surface area (Å²) in [4.78, 5) is 31.1. The lowest BCUT2D eigenvalue weighted by molar-refractivity contribution is 0.0602. The van der Waals surface area contributed by atoms with Crippen molar-refractivity contribution in [3.63, 3.8) is 0 Å². The van der Waals surface area contributed by atoms with E-state index in [0.717, 1.165) is 24.3 Å². The van der Waals surface area contributed by atoms with Crippen molar-refractivity contribution in [3.8, 4) is 11.3 Å². The third-order valence-electron chi connectivity index (χ3n) is 4.90. The van der Waals surface area contributed by atoms with Crippen LogP contribution in [-0.2, 0) is 9.47 Å². The van der Waals surface area contributed by atoms with Crippen LogP contribution < -0.4 is 10.2 Å². The molecule has 1 N–H and O–H groups in total. The Bertz CT molecular complexity index is 1030. The van der Waals surface area contributed by atoms with Crippen LogP contribution in [0.4, 0.5) is 11.4 Å². The van der Waals surface area contributed by atoms with Crippen molar-refractivity contribution < 1.29 is 23.5 Å². The van der Waals surface area contributed by atoms with E-state index in [2.05, 4.69) is 15.2 Å². The number of aromatic nitrogens is 1. The Morgan fingerprint density at radius 2 is 1.87 bits per heavy atom. The fourth-order valence-electron chi connectivity index (χ4n) is 3.28. The minimum atomic E-state index is -0.513. The number of amides is 1. The molecular formula is C22H21N3O5. The summed E-state index contributed by atoms with van der Waals surface area (Å²) < 4.78 is 15.5. The van der Waals surface area contributed by atoms with Gasteiger partial charge in [-0.15, -0.1) is 0 Å². The van der Waals surface area contributed by atoms with Gasteiger partial charge in [0.25, 0.3) is 5.91 Å². The molecule has 30 heavy (non-hydrogen) atoms. The fraction of sp³-hybridized carbons (Fsp3) is 0.227. The van der Waals surface area contributed by atoms with Gasteiger partial charge in [-0.05, 0) is 30.3 Å². The van der Waals surface area contributed by atoms with Gasteiger partial charge < -0.3 is 24.1 Å². The number of oxazole rings is 1. The number of hydrogen-bond acceptors (Lipinski definition) is 7. The monoisotopic (exact) mass is 407 g/mol. The van der Waals surface area contributed by atoms with Gasteiger partial charge in [-0.2, -0.15) is 0 Å². The van der Waals surface area contributed by atoms with Gasteiger partial charge in [-0.25, -0.2) is 9.78 Å². The van der Waals surface area contributed by atoms with E-state index in [1.807, 2.05) is 6.07 Å². The van der Waals surface area contributed by atoms with E-state index in [1.54, 1.807) is 42.6 Å². The second kappa shape index (κ2) is 8.79. The summed E-state index contributed by atoms with van der Waals surface area (Å²) in [6, 6.07) is 12.3. The molecule has 2 aromatic carbocycles. The summed E-state index contributed by atoms with van der Waals surface area (Å²) in [5.41, 5.74) is 2.84. The van der Waals surface area contributed by atoms with Crippen LogP contribution in [0.15, 0.2) is 59.5 Å². The van der Waals surface area contributed by atoms with E-state index in [9.17, 15) is 9.59 Å². The highest BCUT2D eigenvalue weighted by Gasteiger charge is 2.19. The zero-order valence-corrected chi connectivity index (χ0v) is 16.5. The normalized spacial score (nSPS) is 13.7. The smallest absolute Gasteiger partial charge is 0.340 e. The molecule has 1 aromatic heterocycles. The SMILES string of the molecule is COC(=O)c1cc(N2CCOCC2)ccc1NC(=O)c1ccc(-c2cnco2)cc1. The molecule has 4 rings (SSSR count). The van der Waals surface area contributed by atoms with Gasteiger partial charge >= 0.3 is 5.97 Å². The molecule has 8 heteroatoms. The van der Waals surface area contributed by atoms with Gasteiger partial charge in [0.15, 0.2) is 12.2 Å². The quantitative estimate of drug-likeness (QED) is 0.649. The van der Waals surface area contributed by atoms with Crippen molar-refractivity contribution in [1.82, 2.24) is 4.98 Å². The number of hydrogen-bond donors (Lipinski definition) is 1. The van der Waals surface area contributed by atoms with Crippen LogP contribution in [0, 0.1) is 0 Å². The highest BCUT2D eigenvalue weighted by atomic mass is 16.5. The minimum absolute atomic E-state index is 0.299. The molecule has 0 saturated carbocycles. The second-order valence-corrected chi connectivity index (χ2v) is 6.72. The third kappa shape index (κ3) is 4.18. The molecule has 0 spiro atoms. The van der Waals surface area contributed by atoms with Crippen LogP contribution in [-0.4, -0.2) is 50.3 Å². The number of carbonyl (C=O) groups is 2. The van der Waals surface area contributed by atoms with Gasteiger partial charge in [0.05, 0.1) is 37.8 Å². The van der Waals surface area contributed by atoms with Gasteiger partial charge in [0.1, 0.15) is 0 Å². The maximum absolute atomic E-state index is 12.7. The summed E-state index contributed by atoms with van der Waals surface area (Å²) >= 11 is 0. The molecule has 154 valence electrons. The average Bonchev–Trinajstić information content (AvgIpc) is 3.34. The Morgan fingerprint density at radius 3 is 2.53 bits per heavy atom. The Labute approximate surface area is 173 Å². The van der Waals surface area contributed by atoms with Crippen LogP contribution in [0.1, 0.15) is 20.7 Å². The predicted molar refractivity (Wildman–Crippen MR) is 111 cm³/mol. The number of rotatable bonds is 5. The lowest BCUT2D eigenvalue weighted by Crippen LogP contribution is -2.36. The van der Waals surface area contributed by atoms with Crippen LogP contribution in [0.2, 0.25) is 0 Å². The molecule has 1 saturated heterocycles. The molecule has 0 atom stereocenters. The molecule has 1 aliphatic rings.